The van der Waals surface area contributed by atoms with Gasteiger partial charge in [0.25, 0.3) is 0 Å². The molecule has 12 aromatic carbocycles. The van der Waals surface area contributed by atoms with Gasteiger partial charge in [-0.2, -0.15) is 0 Å². The van der Waals surface area contributed by atoms with Crippen molar-refractivity contribution >= 4 is 85.8 Å². The highest BCUT2D eigenvalue weighted by atomic mass is 15.1. The molecule has 73 heavy (non-hydrogen) atoms. The summed E-state index contributed by atoms with van der Waals surface area (Å²) in [7, 11) is 0. The molecule has 0 N–H and O–H groups in total. The van der Waals surface area contributed by atoms with E-state index in [2.05, 4.69) is 278 Å². The minimum Gasteiger partial charge on any atom is -0.311 e. The smallest absolute Gasteiger partial charge is 0.0462 e. The molecule has 0 radical (unpaired) electrons. The van der Waals surface area contributed by atoms with E-state index in [0.29, 0.717) is 0 Å². The van der Waals surface area contributed by atoms with E-state index in [4.69, 9.17) is 0 Å². The highest BCUT2D eigenvalue weighted by molar-refractivity contribution is 6.17. The Morgan fingerprint density at radius 2 is 0.507 bits per heavy atom. The van der Waals surface area contributed by atoms with Gasteiger partial charge in [0.1, 0.15) is 0 Å². The van der Waals surface area contributed by atoms with E-state index >= 15 is 0 Å². The van der Waals surface area contributed by atoms with Crippen LogP contribution in [0, 0.1) is 0 Å². The molecule has 0 saturated carbocycles. The maximum atomic E-state index is 2.40. The lowest BCUT2D eigenvalue weighted by atomic mass is 9.89. The molecule has 12 aromatic rings. The highest BCUT2D eigenvalue weighted by Gasteiger charge is 2.21. The number of benzene rings is 12. The maximum Gasteiger partial charge on any atom is 0.0462 e. The van der Waals surface area contributed by atoms with Crippen molar-refractivity contribution in [3.05, 3.63) is 270 Å². The fourth-order valence-electron chi connectivity index (χ4n) is 12.0. The highest BCUT2D eigenvalue weighted by Crippen LogP contribution is 2.46. The summed E-state index contributed by atoms with van der Waals surface area (Å²) in [5, 5.41) is 7.85. The van der Waals surface area contributed by atoms with Crippen LogP contribution in [-0.4, -0.2) is 0 Å². The second kappa shape index (κ2) is 16.5. The lowest BCUT2D eigenvalue weighted by Gasteiger charge is -2.26. The van der Waals surface area contributed by atoms with Crippen LogP contribution in [0.2, 0.25) is 0 Å². The lowest BCUT2D eigenvalue weighted by Crippen LogP contribution is -2.09. The molecular formula is C72H45N. The third-order valence-corrected chi connectivity index (χ3v) is 15.5. The largest absolute Gasteiger partial charge is 0.311 e. The molecule has 0 aliphatic heterocycles. The lowest BCUT2D eigenvalue weighted by molar-refractivity contribution is 1.28. The molecule has 0 fully saturated rings. The zero-order valence-corrected chi connectivity index (χ0v) is 39.9. The van der Waals surface area contributed by atoms with E-state index < -0.39 is 0 Å². The molecule has 1 heteroatoms. The van der Waals surface area contributed by atoms with Gasteiger partial charge in [-0.1, -0.05) is 212 Å². The van der Waals surface area contributed by atoms with Crippen molar-refractivity contribution in [3.63, 3.8) is 0 Å². The van der Waals surface area contributed by atoms with E-state index in [9.17, 15) is 0 Å². The number of anilines is 3. The first kappa shape index (κ1) is 41.2. The molecule has 0 bridgehead atoms. The van der Waals surface area contributed by atoms with Crippen LogP contribution in [0.5, 0.6) is 0 Å². The first-order valence-corrected chi connectivity index (χ1v) is 25.3. The number of nitrogens with zero attached hydrogens (tertiary/aromatic N) is 1. The third-order valence-electron chi connectivity index (χ3n) is 15.5. The zero-order chi connectivity index (χ0) is 48.0. The number of hydrogen-bond acceptors (Lipinski definition) is 1. The van der Waals surface area contributed by atoms with Crippen LogP contribution in [0.1, 0.15) is 33.4 Å². The quantitative estimate of drug-likeness (QED) is 0.139. The van der Waals surface area contributed by atoms with Crippen LogP contribution in [0.4, 0.5) is 17.1 Å². The summed E-state index contributed by atoms with van der Waals surface area (Å²) in [5.41, 5.74) is 25.6. The van der Waals surface area contributed by atoms with Crippen molar-refractivity contribution in [1.29, 1.82) is 0 Å². The second-order valence-electron chi connectivity index (χ2n) is 19.6. The van der Waals surface area contributed by atoms with Gasteiger partial charge in [0.05, 0.1) is 0 Å². The molecule has 0 atom stereocenters. The molecular weight excluding hydrogens is 879 g/mol. The van der Waals surface area contributed by atoms with Gasteiger partial charge < -0.3 is 4.90 Å². The molecule has 1 nitrogen and oxygen atoms in total. The van der Waals surface area contributed by atoms with Crippen molar-refractivity contribution in [2.45, 2.75) is 0 Å². The Balaban J connectivity index is 0.842. The topological polar surface area (TPSA) is 3.24 Å². The summed E-state index contributed by atoms with van der Waals surface area (Å²) in [5.74, 6) is 0. The van der Waals surface area contributed by atoms with Gasteiger partial charge >= 0.3 is 0 Å². The van der Waals surface area contributed by atoms with Gasteiger partial charge in [0, 0.05) is 17.1 Å². The van der Waals surface area contributed by atoms with Crippen LogP contribution in [0.25, 0.3) is 136 Å². The first-order valence-electron chi connectivity index (χ1n) is 25.3. The van der Waals surface area contributed by atoms with Crippen molar-refractivity contribution in [3.8, 4) is 66.8 Å². The fraction of sp³-hybridized carbons (Fsp3) is 0. The average Bonchev–Trinajstić information content (AvgIpc) is 4.22. The maximum absolute atomic E-state index is 2.40. The van der Waals surface area contributed by atoms with Gasteiger partial charge in [0.15, 0.2) is 0 Å². The number of rotatable bonds is 9. The Bertz CT molecular complexity index is 4090. The van der Waals surface area contributed by atoms with Gasteiger partial charge in [-0.05, 0) is 193 Å². The molecule has 3 aliphatic carbocycles. The van der Waals surface area contributed by atoms with E-state index in [-0.39, 0.29) is 0 Å². The summed E-state index contributed by atoms with van der Waals surface area (Å²) < 4.78 is 0. The van der Waals surface area contributed by atoms with Gasteiger partial charge in [-0.3, -0.25) is 0 Å². The Labute approximate surface area is 425 Å². The molecule has 0 amide bonds. The molecule has 0 spiro atoms. The third kappa shape index (κ3) is 6.78. The number of hydrogen-bond donors (Lipinski definition) is 0. The van der Waals surface area contributed by atoms with Crippen LogP contribution in [0.15, 0.2) is 237 Å². The van der Waals surface area contributed by atoms with Gasteiger partial charge in [-0.25, -0.2) is 0 Å². The first-order chi connectivity index (χ1) is 36.2. The van der Waals surface area contributed by atoms with E-state index in [1.165, 1.54) is 132 Å². The molecule has 0 unspecified atom stereocenters. The average molecular weight is 924 g/mol. The van der Waals surface area contributed by atoms with E-state index in [1.54, 1.807) is 0 Å². The summed E-state index contributed by atoms with van der Waals surface area (Å²) in [6.45, 7) is 0. The Morgan fingerprint density at radius 3 is 0.904 bits per heavy atom. The van der Waals surface area contributed by atoms with Crippen LogP contribution in [-0.2, 0) is 0 Å². The van der Waals surface area contributed by atoms with Crippen molar-refractivity contribution < 1.29 is 0 Å². The summed E-state index contributed by atoms with van der Waals surface area (Å²) in [4.78, 5) is 2.40. The molecule has 338 valence electrons. The molecule has 0 aromatic heterocycles. The van der Waals surface area contributed by atoms with E-state index in [1.807, 2.05) is 0 Å². The van der Waals surface area contributed by atoms with Crippen molar-refractivity contribution in [2.24, 2.45) is 0 Å². The fourth-order valence-corrected chi connectivity index (χ4v) is 12.0. The predicted octanol–water partition coefficient (Wildman–Crippen LogP) is 20.1. The summed E-state index contributed by atoms with van der Waals surface area (Å²) >= 11 is 0. The molecule has 0 heterocycles. The molecule has 3 aliphatic rings. The van der Waals surface area contributed by atoms with Crippen LogP contribution >= 0.6 is 0 Å². The van der Waals surface area contributed by atoms with Crippen LogP contribution in [0.3, 0.4) is 0 Å². The Morgan fingerprint density at radius 1 is 0.192 bits per heavy atom. The van der Waals surface area contributed by atoms with Crippen molar-refractivity contribution in [2.75, 3.05) is 4.90 Å². The summed E-state index contributed by atoms with van der Waals surface area (Å²) in [6, 6.07) is 87.6. The normalized spacial score (nSPS) is 12.5. The molecule has 15 rings (SSSR count). The Kier molecular flexibility index (Phi) is 9.33. The minimum atomic E-state index is 1.09. The van der Waals surface area contributed by atoms with Gasteiger partial charge in [0.2, 0.25) is 0 Å². The monoisotopic (exact) mass is 923 g/mol. The second-order valence-corrected chi connectivity index (χ2v) is 19.6. The Hall–Kier alpha value is -9.56. The molecule has 0 saturated heterocycles. The summed E-state index contributed by atoms with van der Waals surface area (Å²) in [6.07, 6.45) is 13.5. The standard InChI is InChI=1S/C72H45N/c1-4-10-48(11-5-1)63-38-28-52-18-20-56-42-58(44-67(63)69(52)56)46-22-32-60(33-23-46)73(61-34-24-47(25-35-61)59-43-57-21-19-53-29-39-64(68(45-59)70(53)57)49-12-6-2-7-13-49)62-36-26-51(27-37-62)66-41-31-55-17-16-54-30-40-65(72(66)71(54)55)50-14-8-3-9-15-50/h1-45H. The van der Waals surface area contributed by atoms with E-state index in [0.717, 1.165) is 17.1 Å². The predicted molar refractivity (Wildman–Crippen MR) is 313 cm³/mol. The minimum absolute atomic E-state index is 1.09. The zero-order valence-electron chi connectivity index (χ0n) is 39.9. The van der Waals surface area contributed by atoms with Crippen LogP contribution < -0.4 is 4.90 Å². The SMILES string of the molecule is C1=Cc2cc(-c3ccc(N(c4ccc(-c5cc6c7c(ccc(-c8ccccc8)c7c5)C=C6)cc4)c4ccc(-c5ccc6c7c(ccc(-c8ccccc8)c57)C=C6)cc4)cc3)cc3c(-c4ccccc4)ccc1c23. The van der Waals surface area contributed by atoms with Gasteiger partial charge in [-0.15, -0.1) is 0 Å². The van der Waals surface area contributed by atoms with Crippen molar-refractivity contribution in [1.82, 2.24) is 0 Å².